The van der Waals surface area contributed by atoms with Crippen LogP contribution in [-0.4, -0.2) is 9.97 Å². The molecular formula is C32H18N2OS. The molecule has 0 amide bonds. The van der Waals surface area contributed by atoms with Crippen LogP contribution in [0.5, 0.6) is 0 Å². The molecule has 168 valence electrons. The smallest absolute Gasteiger partial charge is 0.246 e. The third kappa shape index (κ3) is 2.92. The second kappa shape index (κ2) is 7.48. The molecule has 0 saturated heterocycles. The molecule has 0 atom stereocenters. The fourth-order valence-electron chi connectivity index (χ4n) is 5.16. The summed E-state index contributed by atoms with van der Waals surface area (Å²) in [5.74, 6) is 0. The van der Waals surface area contributed by atoms with Crippen molar-refractivity contribution in [3.63, 3.8) is 0 Å². The molecule has 0 saturated carbocycles. The van der Waals surface area contributed by atoms with Crippen LogP contribution in [0.3, 0.4) is 0 Å². The zero-order valence-electron chi connectivity index (χ0n) is 19.1. The van der Waals surface area contributed by atoms with Crippen molar-refractivity contribution in [3.8, 4) is 22.3 Å². The van der Waals surface area contributed by atoms with Gasteiger partial charge in [0.2, 0.25) is 5.71 Å². The van der Waals surface area contributed by atoms with Gasteiger partial charge in [-0.2, -0.15) is 0 Å². The van der Waals surface area contributed by atoms with Gasteiger partial charge in [-0.05, 0) is 58.7 Å². The molecule has 3 aromatic heterocycles. The summed E-state index contributed by atoms with van der Waals surface area (Å²) in [4.78, 5) is 9.56. The second-order valence-corrected chi connectivity index (χ2v) is 10.1. The average Bonchev–Trinajstić information content (AvgIpc) is 3.49. The standard InChI is InChI=1S/C32H18N2OS/c1-4-14-29-23(9-1)24-11-6-10-22(31(24)36-29)21-8-5-7-19(17-21)20-15-16-28-25(18-20)30-32(35-28)34-27-13-3-2-12-26(27)33-30/h1-18H. The number of rotatable bonds is 2. The molecular weight excluding hydrogens is 460 g/mol. The maximum Gasteiger partial charge on any atom is 0.246 e. The van der Waals surface area contributed by atoms with Crippen molar-refractivity contribution in [1.82, 2.24) is 9.97 Å². The first kappa shape index (κ1) is 19.7. The Balaban J connectivity index is 1.30. The Morgan fingerprint density at radius 3 is 2.25 bits per heavy atom. The summed E-state index contributed by atoms with van der Waals surface area (Å²) in [7, 11) is 0. The van der Waals surface area contributed by atoms with Crippen LogP contribution in [0.1, 0.15) is 0 Å². The molecule has 0 radical (unpaired) electrons. The van der Waals surface area contributed by atoms with E-state index in [1.165, 1.54) is 31.3 Å². The van der Waals surface area contributed by atoms with Gasteiger partial charge >= 0.3 is 0 Å². The Labute approximate surface area is 210 Å². The van der Waals surface area contributed by atoms with Crippen LogP contribution in [0.15, 0.2) is 114 Å². The molecule has 0 fully saturated rings. The molecule has 8 rings (SSSR count). The lowest BCUT2D eigenvalue weighted by molar-refractivity contribution is 0.655. The van der Waals surface area contributed by atoms with Crippen LogP contribution in [0.4, 0.5) is 0 Å². The van der Waals surface area contributed by atoms with E-state index >= 15 is 0 Å². The molecule has 36 heavy (non-hydrogen) atoms. The molecule has 0 aliphatic carbocycles. The molecule has 8 aromatic rings. The molecule has 0 N–H and O–H groups in total. The zero-order valence-corrected chi connectivity index (χ0v) is 19.9. The highest BCUT2D eigenvalue weighted by atomic mass is 32.1. The Kier molecular flexibility index (Phi) is 4.10. The number of aromatic nitrogens is 2. The predicted molar refractivity (Wildman–Crippen MR) is 151 cm³/mol. The first-order valence-corrected chi connectivity index (χ1v) is 12.7. The van der Waals surface area contributed by atoms with Crippen LogP contribution in [0, 0.1) is 0 Å². The van der Waals surface area contributed by atoms with Gasteiger partial charge in [0.1, 0.15) is 11.1 Å². The summed E-state index contributed by atoms with van der Waals surface area (Å²) < 4.78 is 8.70. The lowest BCUT2D eigenvalue weighted by Gasteiger charge is -2.08. The summed E-state index contributed by atoms with van der Waals surface area (Å²) in [6.07, 6.45) is 0. The Bertz CT molecular complexity index is 2120. The average molecular weight is 479 g/mol. The number of fused-ring (bicyclic) bond motifs is 7. The van der Waals surface area contributed by atoms with Crippen LogP contribution in [-0.2, 0) is 0 Å². The van der Waals surface area contributed by atoms with E-state index in [1.54, 1.807) is 0 Å². The van der Waals surface area contributed by atoms with Crippen molar-refractivity contribution in [2.24, 2.45) is 0 Å². The number of thiophene rings is 1. The first-order chi connectivity index (χ1) is 17.8. The molecule has 5 aromatic carbocycles. The largest absolute Gasteiger partial charge is 0.436 e. The van der Waals surface area contributed by atoms with Crippen molar-refractivity contribution in [2.75, 3.05) is 0 Å². The summed E-state index contributed by atoms with van der Waals surface area (Å²) in [5.41, 5.74) is 8.67. The number of benzene rings is 5. The lowest BCUT2D eigenvalue weighted by atomic mass is 9.97. The molecule has 0 unspecified atom stereocenters. The van der Waals surface area contributed by atoms with Gasteiger partial charge in [0.05, 0.1) is 11.0 Å². The molecule has 0 aliphatic rings. The fourth-order valence-corrected chi connectivity index (χ4v) is 6.40. The van der Waals surface area contributed by atoms with Gasteiger partial charge in [0.15, 0.2) is 0 Å². The molecule has 3 heterocycles. The minimum absolute atomic E-state index is 0.575. The topological polar surface area (TPSA) is 38.9 Å². The molecule has 0 bridgehead atoms. The maximum absolute atomic E-state index is 6.05. The van der Waals surface area contributed by atoms with E-state index in [0.29, 0.717) is 5.71 Å². The Morgan fingerprint density at radius 2 is 1.31 bits per heavy atom. The first-order valence-electron chi connectivity index (χ1n) is 11.9. The molecule has 4 heteroatoms. The predicted octanol–water partition coefficient (Wildman–Crippen LogP) is 9.23. The third-order valence-corrected chi connectivity index (χ3v) is 8.11. The monoisotopic (exact) mass is 478 g/mol. The minimum Gasteiger partial charge on any atom is -0.436 e. The van der Waals surface area contributed by atoms with Crippen LogP contribution in [0.25, 0.3) is 75.7 Å². The van der Waals surface area contributed by atoms with Gasteiger partial charge in [-0.15, -0.1) is 11.3 Å². The normalized spacial score (nSPS) is 11.9. The lowest BCUT2D eigenvalue weighted by Crippen LogP contribution is -1.84. The number of para-hydroxylation sites is 2. The van der Waals surface area contributed by atoms with Crippen molar-refractivity contribution in [3.05, 3.63) is 109 Å². The summed E-state index contributed by atoms with van der Waals surface area (Å²) in [6, 6.07) is 38.3. The quantitative estimate of drug-likeness (QED) is 0.248. The Morgan fingerprint density at radius 1 is 0.556 bits per heavy atom. The molecule has 0 spiro atoms. The second-order valence-electron chi connectivity index (χ2n) is 9.04. The van der Waals surface area contributed by atoms with E-state index in [9.17, 15) is 0 Å². The third-order valence-electron chi connectivity index (χ3n) is 6.89. The van der Waals surface area contributed by atoms with E-state index in [2.05, 4.69) is 83.8 Å². The minimum atomic E-state index is 0.575. The summed E-state index contributed by atoms with van der Waals surface area (Å²) in [6.45, 7) is 0. The highest BCUT2D eigenvalue weighted by Crippen LogP contribution is 2.40. The fraction of sp³-hybridized carbons (Fsp3) is 0. The summed E-state index contributed by atoms with van der Waals surface area (Å²) >= 11 is 1.86. The zero-order chi connectivity index (χ0) is 23.6. The van der Waals surface area contributed by atoms with Crippen molar-refractivity contribution in [2.45, 2.75) is 0 Å². The Hall–Kier alpha value is -4.54. The van der Waals surface area contributed by atoms with E-state index in [-0.39, 0.29) is 0 Å². The van der Waals surface area contributed by atoms with Crippen molar-refractivity contribution < 1.29 is 4.42 Å². The van der Waals surface area contributed by atoms with Gasteiger partial charge in [0, 0.05) is 25.6 Å². The maximum atomic E-state index is 6.05. The van der Waals surface area contributed by atoms with Crippen molar-refractivity contribution >= 4 is 64.7 Å². The van der Waals surface area contributed by atoms with Gasteiger partial charge < -0.3 is 4.42 Å². The van der Waals surface area contributed by atoms with Crippen LogP contribution in [0.2, 0.25) is 0 Å². The number of furan rings is 1. The number of nitrogens with zero attached hydrogens (tertiary/aromatic N) is 2. The molecule has 0 aliphatic heterocycles. The van der Waals surface area contributed by atoms with E-state index in [0.717, 1.165) is 38.6 Å². The van der Waals surface area contributed by atoms with E-state index < -0.39 is 0 Å². The van der Waals surface area contributed by atoms with Crippen LogP contribution >= 0.6 is 11.3 Å². The van der Waals surface area contributed by atoms with Gasteiger partial charge in [-0.25, -0.2) is 9.97 Å². The highest BCUT2D eigenvalue weighted by Gasteiger charge is 2.14. The SMILES string of the molecule is c1cc(-c2ccc3oc4nc5ccccc5nc4c3c2)cc(-c2cccc3c2sc2ccccc23)c1. The van der Waals surface area contributed by atoms with Gasteiger partial charge in [-0.3, -0.25) is 0 Å². The van der Waals surface area contributed by atoms with Crippen LogP contribution < -0.4 is 0 Å². The molecule has 3 nitrogen and oxygen atoms in total. The highest BCUT2D eigenvalue weighted by molar-refractivity contribution is 7.26. The van der Waals surface area contributed by atoms with Crippen molar-refractivity contribution in [1.29, 1.82) is 0 Å². The number of hydrogen-bond donors (Lipinski definition) is 0. The summed E-state index contributed by atoms with van der Waals surface area (Å²) in [5, 5.41) is 3.62. The van der Waals surface area contributed by atoms with E-state index in [1.807, 2.05) is 41.7 Å². The van der Waals surface area contributed by atoms with Gasteiger partial charge in [0.25, 0.3) is 0 Å². The van der Waals surface area contributed by atoms with Gasteiger partial charge in [-0.1, -0.05) is 72.8 Å². The van der Waals surface area contributed by atoms with E-state index in [4.69, 9.17) is 9.40 Å². The number of hydrogen-bond acceptors (Lipinski definition) is 4.